The Kier molecular flexibility index (Phi) is 8.07. The van der Waals surface area contributed by atoms with E-state index in [1.807, 2.05) is 52.7 Å². The monoisotopic (exact) mass is 526 g/mol. The van der Waals surface area contributed by atoms with E-state index < -0.39 is 16.1 Å². The third-order valence-corrected chi connectivity index (χ3v) is 8.76. The lowest BCUT2D eigenvalue weighted by atomic mass is 9.96. The molecule has 1 aliphatic heterocycles. The van der Waals surface area contributed by atoms with Crippen molar-refractivity contribution in [1.82, 2.24) is 4.72 Å². The Hall–Kier alpha value is -3.21. The van der Waals surface area contributed by atoms with Gasteiger partial charge in [0.2, 0.25) is 21.8 Å². The van der Waals surface area contributed by atoms with Crippen LogP contribution in [-0.2, 0) is 26.0 Å². The number of hydrogen-bond donors (Lipinski definition) is 3. The van der Waals surface area contributed by atoms with Crippen molar-refractivity contribution in [3.8, 4) is 0 Å². The van der Waals surface area contributed by atoms with Crippen molar-refractivity contribution in [3.05, 3.63) is 76.5 Å². The van der Waals surface area contributed by atoms with Gasteiger partial charge in [0.25, 0.3) is 0 Å². The van der Waals surface area contributed by atoms with E-state index in [-0.39, 0.29) is 29.0 Å². The molecule has 2 aromatic carbocycles. The van der Waals surface area contributed by atoms with Gasteiger partial charge in [-0.05, 0) is 55.0 Å². The van der Waals surface area contributed by atoms with E-state index in [4.69, 9.17) is 5.73 Å². The molecule has 0 spiro atoms. The predicted molar refractivity (Wildman–Crippen MR) is 142 cm³/mol. The zero-order chi connectivity index (χ0) is 25.7. The molecule has 1 aliphatic rings. The summed E-state index contributed by atoms with van der Waals surface area (Å²) >= 11 is 1.49. The van der Waals surface area contributed by atoms with Gasteiger partial charge >= 0.3 is 0 Å². The second-order valence-electron chi connectivity index (χ2n) is 8.90. The lowest BCUT2D eigenvalue weighted by Crippen LogP contribution is -2.39. The molecule has 190 valence electrons. The van der Waals surface area contributed by atoms with Crippen LogP contribution >= 0.6 is 11.3 Å². The number of primary amides is 1. The lowest BCUT2D eigenvalue weighted by molar-refractivity contribution is -0.122. The molecule has 1 aromatic heterocycles. The molecule has 4 N–H and O–H groups in total. The van der Waals surface area contributed by atoms with Crippen molar-refractivity contribution in [1.29, 1.82) is 0 Å². The van der Waals surface area contributed by atoms with E-state index >= 15 is 0 Å². The third kappa shape index (κ3) is 6.31. The highest BCUT2D eigenvalue weighted by Crippen LogP contribution is 2.32. The first-order valence-electron chi connectivity index (χ1n) is 11.8. The average molecular weight is 527 g/mol. The lowest BCUT2D eigenvalue weighted by Gasteiger charge is -2.33. The first kappa shape index (κ1) is 25.9. The zero-order valence-corrected chi connectivity index (χ0v) is 21.6. The summed E-state index contributed by atoms with van der Waals surface area (Å²) in [5, 5.41) is 4.73. The molecule has 36 heavy (non-hydrogen) atoms. The number of piperidine rings is 1. The number of rotatable bonds is 9. The van der Waals surface area contributed by atoms with Crippen molar-refractivity contribution in [2.24, 2.45) is 11.7 Å². The van der Waals surface area contributed by atoms with Crippen LogP contribution in [0.2, 0.25) is 0 Å². The van der Waals surface area contributed by atoms with Crippen molar-refractivity contribution < 1.29 is 18.0 Å². The van der Waals surface area contributed by atoms with Gasteiger partial charge in [0, 0.05) is 35.6 Å². The molecule has 1 saturated heterocycles. The zero-order valence-electron chi connectivity index (χ0n) is 20.0. The molecule has 1 atom stereocenters. The quantitative estimate of drug-likeness (QED) is 0.393. The fourth-order valence-electron chi connectivity index (χ4n) is 4.36. The fraction of sp³-hybridized carbons (Fsp3) is 0.308. The second kappa shape index (κ2) is 11.2. The number of hydrogen-bond acceptors (Lipinski definition) is 6. The average Bonchev–Trinajstić information content (AvgIpc) is 3.37. The van der Waals surface area contributed by atoms with Gasteiger partial charge in [-0.1, -0.05) is 36.4 Å². The van der Waals surface area contributed by atoms with Gasteiger partial charge in [-0.25, -0.2) is 13.1 Å². The third-order valence-electron chi connectivity index (χ3n) is 6.32. The van der Waals surface area contributed by atoms with E-state index in [0.717, 1.165) is 10.4 Å². The SMILES string of the molecule is C[C@H](NS(=O)(=O)c1cc(NC(=O)Cc2cccs2)ccc1N1CCC(C(N)=O)CC1)c1ccccc1. The Balaban J connectivity index is 1.61. The maximum absolute atomic E-state index is 13.6. The molecule has 0 saturated carbocycles. The number of nitrogens with one attached hydrogen (secondary N) is 2. The molecule has 0 radical (unpaired) electrons. The van der Waals surface area contributed by atoms with Gasteiger partial charge in [-0.15, -0.1) is 11.3 Å². The number of carbonyl (C=O) groups is 2. The summed E-state index contributed by atoms with van der Waals surface area (Å²) in [5.41, 5.74) is 7.24. The van der Waals surface area contributed by atoms with Crippen LogP contribution in [0, 0.1) is 5.92 Å². The van der Waals surface area contributed by atoms with Crippen LogP contribution in [0.1, 0.15) is 36.2 Å². The maximum Gasteiger partial charge on any atom is 0.243 e. The number of sulfonamides is 1. The van der Waals surface area contributed by atoms with Gasteiger partial charge in [0.15, 0.2) is 0 Å². The second-order valence-corrected chi connectivity index (χ2v) is 11.6. The Morgan fingerprint density at radius 1 is 1.08 bits per heavy atom. The predicted octanol–water partition coefficient (Wildman–Crippen LogP) is 3.67. The molecular weight excluding hydrogens is 496 g/mol. The number of thiophene rings is 1. The Morgan fingerprint density at radius 3 is 2.44 bits per heavy atom. The number of anilines is 2. The van der Waals surface area contributed by atoms with Crippen LogP contribution < -0.4 is 20.7 Å². The molecular formula is C26H30N4O4S2. The highest BCUT2D eigenvalue weighted by Gasteiger charge is 2.29. The summed E-state index contributed by atoms with van der Waals surface area (Å²) in [5.74, 6) is -0.764. The van der Waals surface area contributed by atoms with Crippen molar-refractivity contribution in [2.45, 2.75) is 37.1 Å². The molecule has 1 fully saturated rings. The topological polar surface area (TPSA) is 122 Å². The minimum Gasteiger partial charge on any atom is -0.370 e. The normalized spacial score (nSPS) is 15.4. The van der Waals surface area contributed by atoms with Gasteiger partial charge in [-0.2, -0.15) is 0 Å². The molecule has 2 heterocycles. The van der Waals surface area contributed by atoms with Gasteiger partial charge < -0.3 is 16.0 Å². The van der Waals surface area contributed by atoms with E-state index in [0.29, 0.717) is 37.3 Å². The summed E-state index contributed by atoms with van der Waals surface area (Å²) in [7, 11) is -3.96. The molecule has 2 amide bonds. The van der Waals surface area contributed by atoms with Gasteiger partial charge in [0.1, 0.15) is 4.90 Å². The first-order valence-corrected chi connectivity index (χ1v) is 14.2. The van der Waals surface area contributed by atoms with Crippen LogP contribution in [0.4, 0.5) is 11.4 Å². The molecule has 4 rings (SSSR count). The smallest absolute Gasteiger partial charge is 0.243 e. The number of nitrogens with zero attached hydrogens (tertiary/aromatic N) is 1. The molecule has 10 heteroatoms. The Morgan fingerprint density at radius 2 is 1.81 bits per heavy atom. The molecule has 0 unspecified atom stereocenters. The van der Waals surface area contributed by atoms with Crippen LogP contribution in [0.3, 0.4) is 0 Å². The fourth-order valence-corrected chi connectivity index (χ4v) is 6.54. The van der Waals surface area contributed by atoms with Crippen LogP contribution in [0.25, 0.3) is 0 Å². The minimum atomic E-state index is -3.96. The van der Waals surface area contributed by atoms with Crippen LogP contribution in [-0.4, -0.2) is 33.3 Å². The van der Waals surface area contributed by atoms with E-state index in [9.17, 15) is 18.0 Å². The maximum atomic E-state index is 13.6. The number of carbonyl (C=O) groups excluding carboxylic acids is 2. The van der Waals surface area contributed by atoms with E-state index in [1.54, 1.807) is 19.1 Å². The number of nitrogens with two attached hydrogens (primary N) is 1. The summed E-state index contributed by atoms with van der Waals surface area (Å²) in [4.78, 5) is 27.1. The standard InChI is InChI=1S/C26H30N4O4S2/c1-18(19-6-3-2-4-7-19)29-36(33,34)24-16-21(28-25(31)17-22-8-5-15-35-22)9-10-23(24)30-13-11-20(12-14-30)26(27)32/h2-10,15-16,18,20,29H,11-14,17H2,1H3,(H2,27,32)(H,28,31)/t18-/m0/s1. The van der Waals surface area contributed by atoms with E-state index in [1.165, 1.54) is 17.4 Å². The van der Waals surface area contributed by atoms with Crippen LogP contribution in [0.5, 0.6) is 0 Å². The van der Waals surface area contributed by atoms with Crippen molar-refractivity contribution in [2.75, 3.05) is 23.3 Å². The van der Waals surface area contributed by atoms with Gasteiger partial charge in [0.05, 0.1) is 12.1 Å². The van der Waals surface area contributed by atoms with Gasteiger partial charge in [-0.3, -0.25) is 9.59 Å². The summed E-state index contributed by atoms with van der Waals surface area (Å²) in [6.07, 6.45) is 1.33. The van der Waals surface area contributed by atoms with Crippen LogP contribution in [0.15, 0.2) is 70.9 Å². The minimum absolute atomic E-state index is 0.0803. The Labute approximate surface area is 215 Å². The van der Waals surface area contributed by atoms with E-state index in [2.05, 4.69) is 10.0 Å². The highest BCUT2D eigenvalue weighted by atomic mass is 32.2. The summed E-state index contributed by atoms with van der Waals surface area (Å²) < 4.78 is 30.0. The molecule has 0 aliphatic carbocycles. The highest BCUT2D eigenvalue weighted by molar-refractivity contribution is 7.89. The molecule has 8 nitrogen and oxygen atoms in total. The summed E-state index contributed by atoms with van der Waals surface area (Å²) in [6, 6.07) is 17.6. The largest absolute Gasteiger partial charge is 0.370 e. The Bertz CT molecular complexity index is 1300. The molecule has 3 aromatic rings. The summed E-state index contributed by atoms with van der Waals surface area (Å²) in [6.45, 7) is 2.81. The number of amides is 2. The molecule has 0 bridgehead atoms. The number of benzene rings is 2. The van der Waals surface area contributed by atoms with Crippen molar-refractivity contribution >= 4 is 44.5 Å². The van der Waals surface area contributed by atoms with Crippen molar-refractivity contribution in [3.63, 3.8) is 0 Å². The first-order chi connectivity index (χ1) is 17.2.